The van der Waals surface area contributed by atoms with Gasteiger partial charge in [0.2, 0.25) is 5.95 Å². The smallest absolute Gasteiger partial charge is 0.419 e. The number of carbonyl (C=O) groups is 1. The molecule has 1 aliphatic carbocycles. The van der Waals surface area contributed by atoms with Crippen LogP contribution >= 0.6 is 0 Å². The van der Waals surface area contributed by atoms with Crippen LogP contribution in [0, 0.1) is 0 Å². The Hall–Kier alpha value is -3.07. The van der Waals surface area contributed by atoms with Crippen LogP contribution in [0.1, 0.15) is 41.6 Å². The van der Waals surface area contributed by atoms with E-state index in [0.29, 0.717) is 13.2 Å². The van der Waals surface area contributed by atoms with E-state index in [1.54, 1.807) is 0 Å². The first-order chi connectivity index (χ1) is 17.7. The number of ether oxygens (including phenoxy) is 1. The number of nitrogens with zero attached hydrogens (tertiary/aromatic N) is 2. The van der Waals surface area contributed by atoms with E-state index in [9.17, 15) is 26.7 Å². The number of benzene rings is 1. The van der Waals surface area contributed by atoms with Crippen molar-refractivity contribution >= 4 is 33.8 Å². The molecule has 2 aromatic heterocycles. The molecule has 0 saturated heterocycles. The molecule has 14 heteroatoms. The number of hydrogen-bond acceptors (Lipinski definition) is 8. The molecule has 1 saturated carbocycles. The largest absolute Gasteiger partial charge is 0.768 e. The van der Waals surface area contributed by atoms with Crippen molar-refractivity contribution in [2.75, 3.05) is 31.6 Å². The van der Waals surface area contributed by atoms with Gasteiger partial charge < -0.3 is 30.6 Å². The van der Waals surface area contributed by atoms with Gasteiger partial charge in [-0.1, -0.05) is 18.9 Å². The van der Waals surface area contributed by atoms with Crippen molar-refractivity contribution in [3.63, 3.8) is 0 Å². The van der Waals surface area contributed by atoms with Gasteiger partial charge in [-0.2, -0.15) is 13.2 Å². The lowest BCUT2D eigenvalue weighted by Gasteiger charge is -2.16. The van der Waals surface area contributed by atoms with Crippen molar-refractivity contribution < 1.29 is 31.5 Å². The zero-order valence-electron chi connectivity index (χ0n) is 19.7. The zero-order valence-corrected chi connectivity index (χ0v) is 20.5. The first-order valence-corrected chi connectivity index (χ1v) is 12.8. The summed E-state index contributed by atoms with van der Waals surface area (Å²) in [4.78, 5) is 23.1. The fourth-order valence-corrected chi connectivity index (χ4v) is 5.03. The molecule has 3 aromatic rings. The van der Waals surface area contributed by atoms with Crippen molar-refractivity contribution in [1.29, 1.82) is 0 Å². The van der Waals surface area contributed by atoms with Crippen LogP contribution in [0.2, 0.25) is 0 Å². The minimum Gasteiger partial charge on any atom is -0.768 e. The number of H-pyrrole nitrogens is 1. The van der Waals surface area contributed by atoms with Crippen LogP contribution in [0.5, 0.6) is 0 Å². The summed E-state index contributed by atoms with van der Waals surface area (Å²) in [7, 11) is 0. The molecular weight excluding hydrogens is 513 g/mol. The number of nitrogens with two attached hydrogens (primary N) is 1. The number of amides is 1. The van der Waals surface area contributed by atoms with Crippen LogP contribution < -0.4 is 16.4 Å². The maximum Gasteiger partial charge on any atom is 0.419 e. The highest BCUT2D eigenvalue weighted by Gasteiger charge is 2.36. The summed E-state index contributed by atoms with van der Waals surface area (Å²) in [6.07, 6.45) is 0.990. The predicted molar refractivity (Wildman–Crippen MR) is 130 cm³/mol. The number of rotatable bonds is 10. The highest BCUT2D eigenvalue weighted by Crippen LogP contribution is 2.40. The average molecular weight is 540 g/mol. The Morgan fingerprint density at radius 2 is 2.03 bits per heavy atom. The lowest BCUT2D eigenvalue weighted by atomic mass is 10.0. The van der Waals surface area contributed by atoms with Crippen LogP contribution in [-0.4, -0.2) is 62.0 Å². The van der Waals surface area contributed by atoms with E-state index in [1.165, 1.54) is 18.3 Å². The second kappa shape index (κ2) is 11.5. The van der Waals surface area contributed by atoms with Crippen molar-refractivity contribution in [1.82, 2.24) is 20.3 Å². The van der Waals surface area contributed by atoms with Crippen LogP contribution in [-0.2, 0) is 22.0 Å². The second-order valence-corrected chi connectivity index (χ2v) is 9.42. The summed E-state index contributed by atoms with van der Waals surface area (Å²) in [6.45, 7) is 0.923. The lowest BCUT2D eigenvalue weighted by Crippen LogP contribution is -2.28. The molecule has 1 aliphatic rings. The van der Waals surface area contributed by atoms with Gasteiger partial charge >= 0.3 is 6.18 Å². The zero-order chi connectivity index (χ0) is 26.6. The lowest BCUT2D eigenvalue weighted by molar-refractivity contribution is -0.137. The van der Waals surface area contributed by atoms with Gasteiger partial charge in [-0.15, -0.1) is 0 Å². The normalized spacial score (nSPS) is 15.3. The van der Waals surface area contributed by atoms with Gasteiger partial charge in [0.1, 0.15) is 5.56 Å². The van der Waals surface area contributed by atoms with Gasteiger partial charge in [-0.3, -0.25) is 9.00 Å². The van der Waals surface area contributed by atoms with Crippen molar-refractivity contribution in [2.24, 2.45) is 5.73 Å². The third kappa shape index (κ3) is 6.09. The number of halogens is 3. The SMILES string of the molecule is NCCOCCNC(=O)c1ccc2c(-c3nc(NC4CCCC4)ncc3C(F)(F)F)c[nH]c2c1S(=O)[O-]. The number of nitrogens with one attached hydrogen (secondary N) is 3. The summed E-state index contributed by atoms with van der Waals surface area (Å²) in [5.74, 6) is -0.612. The van der Waals surface area contributed by atoms with E-state index >= 15 is 0 Å². The third-order valence-electron chi connectivity index (χ3n) is 6.05. The number of aromatic amines is 1. The molecule has 0 radical (unpaired) electrons. The second-order valence-electron chi connectivity index (χ2n) is 8.54. The molecule has 1 fully saturated rings. The fraction of sp³-hybridized carbons (Fsp3) is 0.435. The number of anilines is 1. The van der Waals surface area contributed by atoms with E-state index in [2.05, 4.69) is 25.6 Å². The first kappa shape index (κ1) is 27.0. The molecule has 1 amide bonds. The molecule has 1 atom stereocenters. The van der Waals surface area contributed by atoms with E-state index in [1.807, 2.05) is 0 Å². The van der Waals surface area contributed by atoms with Crippen molar-refractivity contribution in [3.8, 4) is 11.3 Å². The minimum atomic E-state index is -4.75. The molecule has 5 N–H and O–H groups in total. The number of fused-ring (bicyclic) bond motifs is 1. The number of hydrogen-bond donors (Lipinski definition) is 4. The third-order valence-corrected chi connectivity index (χ3v) is 6.81. The maximum atomic E-state index is 13.9. The van der Waals surface area contributed by atoms with E-state index in [4.69, 9.17) is 10.5 Å². The molecule has 0 bridgehead atoms. The van der Waals surface area contributed by atoms with Crippen molar-refractivity contribution in [2.45, 2.75) is 42.8 Å². The molecule has 37 heavy (non-hydrogen) atoms. The van der Waals surface area contributed by atoms with Crippen LogP contribution in [0.25, 0.3) is 22.2 Å². The monoisotopic (exact) mass is 539 g/mol. The Balaban J connectivity index is 1.73. The van der Waals surface area contributed by atoms with Gasteiger partial charge in [-0.25, -0.2) is 9.97 Å². The quantitative estimate of drug-likeness (QED) is 0.226. The Kier molecular flexibility index (Phi) is 8.42. The Morgan fingerprint density at radius 3 is 2.70 bits per heavy atom. The first-order valence-electron chi connectivity index (χ1n) is 11.7. The number of carbonyl (C=O) groups excluding carboxylic acids is 1. The molecule has 1 aromatic carbocycles. The van der Waals surface area contributed by atoms with Gasteiger partial charge in [0, 0.05) is 42.5 Å². The van der Waals surface area contributed by atoms with Crippen LogP contribution in [0.15, 0.2) is 29.4 Å². The fourth-order valence-electron chi connectivity index (χ4n) is 4.35. The minimum absolute atomic E-state index is 0.00703. The summed E-state index contributed by atoms with van der Waals surface area (Å²) in [5, 5.41) is 5.81. The van der Waals surface area contributed by atoms with E-state index in [-0.39, 0.29) is 52.1 Å². The van der Waals surface area contributed by atoms with Crippen LogP contribution in [0.3, 0.4) is 0 Å². The summed E-state index contributed by atoms with van der Waals surface area (Å²) in [6, 6.07) is 2.72. The van der Waals surface area contributed by atoms with Crippen molar-refractivity contribution in [3.05, 3.63) is 35.7 Å². The standard InChI is InChI=1S/C23H27F3N6O4S/c24-23(25,26)17-12-30-22(31-13-3-1-2-4-13)32-18(17)16-11-29-19-14(16)5-6-15(20(19)37(34)35)21(33)28-8-10-36-9-7-27/h5-6,11-13,29H,1-4,7-10,27H2,(H,28,33)(H,34,35)(H,30,31,32)/p-1. The summed E-state index contributed by atoms with van der Waals surface area (Å²) in [5.41, 5.74) is 3.74. The highest BCUT2D eigenvalue weighted by molar-refractivity contribution is 7.79. The molecule has 10 nitrogen and oxygen atoms in total. The van der Waals surface area contributed by atoms with Gasteiger partial charge in [-0.05, 0) is 30.0 Å². The Morgan fingerprint density at radius 1 is 1.27 bits per heavy atom. The molecule has 4 rings (SSSR count). The highest BCUT2D eigenvalue weighted by atomic mass is 32.2. The van der Waals surface area contributed by atoms with Crippen LogP contribution in [0.4, 0.5) is 19.1 Å². The molecular formula is C23H26F3N6O4S-. The number of aromatic nitrogens is 3. The maximum absolute atomic E-state index is 13.9. The van der Waals surface area contributed by atoms with Gasteiger partial charge in [0.05, 0.1) is 34.9 Å². The topological polar surface area (TPSA) is 158 Å². The molecule has 2 heterocycles. The average Bonchev–Trinajstić information content (AvgIpc) is 3.52. The Bertz CT molecular complexity index is 1290. The van der Waals surface area contributed by atoms with Gasteiger partial charge in [0.15, 0.2) is 0 Å². The van der Waals surface area contributed by atoms with E-state index in [0.717, 1.165) is 31.9 Å². The number of alkyl halides is 3. The predicted octanol–water partition coefficient (Wildman–Crippen LogP) is 2.94. The van der Waals surface area contributed by atoms with Gasteiger partial charge in [0.25, 0.3) is 5.91 Å². The van der Waals surface area contributed by atoms with E-state index < -0.39 is 34.4 Å². The molecule has 0 aliphatic heterocycles. The molecule has 0 spiro atoms. The summed E-state index contributed by atoms with van der Waals surface area (Å²) >= 11 is -2.88. The molecule has 1 unspecified atom stereocenters. The summed E-state index contributed by atoms with van der Waals surface area (Å²) < 4.78 is 71.0. The molecule has 200 valence electrons. The Labute approximate surface area is 212 Å².